The van der Waals surface area contributed by atoms with Crippen LogP contribution in [0.25, 0.3) is 0 Å². The van der Waals surface area contributed by atoms with Gasteiger partial charge in [-0.05, 0) is 25.5 Å². The summed E-state index contributed by atoms with van der Waals surface area (Å²) in [6.45, 7) is 4.65. The molecule has 4 heteroatoms. The van der Waals surface area contributed by atoms with Crippen LogP contribution >= 0.6 is 0 Å². The summed E-state index contributed by atoms with van der Waals surface area (Å²) >= 11 is 0. The largest absolute Gasteiger partial charge is 0.465 e. The first-order valence-corrected chi connectivity index (χ1v) is 5.58. The third-order valence-electron chi connectivity index (χ3n) is 2.30. The zero-order valence-electron chi connectivity index (χ0n) is 10.4. The lowest BCUT2D eigenvalue weighted by Gasteiger charge is -2.14. The van der Waals surface area contributed by atoms with Gasteiger partial charge in [0.05, 0.1) is 19.3 Å². The van der Waals surface area contributed by atoms with Gasteiger partial charge in [-0.1, -0.05) is 18.2 Å². The molecular weight excluding hydrogens is 220 g/mol. The normalized spacial score (nSPS) is 12.2. The van der Waals surface area contributed by atoms with Crippen molar-refractivity contribution in [2.24, 2.45) is 0 Å². The SMILES string of the molecule is CCOC(C)OCc1ccccc1C(=O)OC. The number of carbonyl (C=O) groups excluding carboxylic acids is 1. The summed E-state index contributed by atoms with van der Waals surface area (Å²) in [7, 11) is 1.36. The van der Waals surface area contributed by atoms with E-state index in [0.717, 1.165) is 5.56 Å². The van der Waals surface area contributed by atoms with Gasteiger partial charge in [-0.3, -0.25) is 0 Å². The molecule has 0 aliphatic carbocycles. The van der Waals surface area contributed by atoms with E-state index in [1.165, 1.54) is 7.11 Å². The highest BCUT2D eigenvalue weighted by Crippen LogP contribution is 2.12. The minimum atomic E-state index is -0.353. The number of hydrogen-bond acceptors (Lipinski definition) is 4. The van der Waals surface area contributed by atoms with E-state index >= 15 is 0 Å². The highest BCUT2D eigenvalue weighted by atomic mass is 16.7. The molecule has 1 atom stereocenters. The Bertz CT molecular complexity index is 362. The van der Waals surface area contributed by atoms with E-state index in [2.05, 4.69) is 0 Å². The Hall–Kier alpha value is -1.39. The first kappa shape index (κ1) is 13.7. The molecule has 94 valence electrons. The van der Waals surface area contributed by atoms with Crippen LogP contribution in [-0.2, 0) is 20.8 Å². The molecule has 1 aromatic carbocycles. The molecule has 1 rings (SSSR count). The maximum Gasteiger partial charge on any atom is 0.338 e. The Morgan fingerprint density at radius 2 is 2.00 bits per heavy atom. The molecule has 0 aliphatic rings. The number of carbonyl (C=O) groups is 1. The first-order chi connectivity index (χ1) is 8.19. The molecular formula is C13H18O4. The summed E-state index contributed by atoms with van der Waals surface area (Å²) in [5.41, 5.74) is 1.32. The Morgan fingerprint density at radius 3 is 2.65 bits per heavy atom. The van der Waals surface area contributed by atoms with Crippen LogP contribution in [0.3, 0.4) is 0 Å². The molecule has 0 N–H and O–H groups in total. The van der Waals surface area contributed by atoms with Crippen LogP contribution < -0.4 is 0 Å². The molecule has 0 saturated heterocycles. The zero-order chi connectivity index (χ0) is 12.7. The number of ether oxygens (including phenoxy) is 3. The van der Waals surface area contributed by atoms with Crippen LogP contribution in [0, 0.1) is 0 Å². The van der Waals surface area contributed by atoms with Crippen LogP contribution in [-0.4, -0.2) is 26.0 Å². The topological polar surface area (TPSA) is 44.8 Å². The van der Waals surface area contributed by atoms with Gasteiger partial charge in [0.2, 0.25) is 0 Å². The van der Waals surface area contributed by atoms with E-state index in [9.17, 15) is 4.79 Å². The van der Waals surface area contributed by atoms with Gasteiger partial charge >= 0.3 is 5.97 Å². The van der Waals surface area contributed by atoms with Crippen LogP contribution in [0.1, 0.15) is 29.8 Å². The molecule has 1 unspecified atom stereocenters. The molecule has 0 aliphatic heterocycles. The van der Waals surface area contributed by atoms with Crippen molar-refractivity contribution in [1.82, 2.24) is 0 Å². The van der Waals surface area contributed by atoms with Crippen molar-refractivity contribution in [2.45, 2.75) is 26.7 Å². The van der Waals surface area contributed by atoms with Gasteiger partial charge < -0.3 is 14.2 Å². The van der Waals surface area contributed by atoms with Gasteiger partial charge in [0, 0.05) is 6.61 Å². The molecule has 0 amide bonds. The highest BCUT2D eigenvalue weighted by Gasteiger charge is 2.11. The maximum absolute atomic E-state index is 11.5. The van der Waals surface area contributed by atoms with Crippen molar-refractivity contribution in [1.29, 1.82) is 0 Å². The van der Waals surface area contributed by atoms with Crippen molar-refractivity contribution in [2.75, 3.05) is 13.7 Å². The van der Waals surface area contributed by atoms with Gasteiger partial charge in [0.1, 0.15) is 0 Å². The minimum Gasteiger partial charge on any atom is -0.465 e. The fraction of sp³-hybridized carbons (Fsp3) is 0.462. The smallest absolute Gasteiger partial charge is 0.338 e. The van der Waals surface area contributed by atoms with Crippen molar-refractivity contribution < 1.29 is 19.0 Å². The van der Waals surface area contributed by atoms with Gasteiger partial charge in [0.25, 0.3) is 0 Å². The van der Waals surface area contributed by atoms with Gasteiger partial charge in [-0.15, -0.1) is 0 Å². The van der Waals surface area contributed by atoms with Crippen molar-refractivity contribution >= 4 is 5.97 Å². The molecule has 0 radical (unpaired) electrons. The molecule has 1 aromatic rings. The summed E-state index contributed by atoms with van der Waals surface area (Å²) in [6.07, 6.45) is -0.286. The molecule has 0 bridgehead atoms. The lowest BCUT2D eigenvalue weighted by Crippen LogP contribution is -2.14. The molecule has 17 heavy (non-hydrogen) atoms. The van der Waals surface area contributed by atoms with Crippen LogP contribution in [0.2, 0.25) is 0 Å². The van der Waals surface area contributed by atoms with E-state index in [1.54, 1.807) is 12.1 Å². The number of methoxy groups -OCH3 is 1. The molecule has 4 nitrogen and oxygen atoms in total. The Morgan fingerprint density at radius 1 is 1.29 bits per heavy atom. The minimum absolute atomic E-state index is 0.286. The number of esters is 1. The second-order valence-corrected chi connectivity index (χ2v) is 3.48. The predicted octanol–water partition coefficient (Wildman–Crippen LogP) is 2.37. The second-order valence-electron chi connectivity index (χ2n) is 3.48. The van der Waals surface area contributed by atoms with E-state index in [1.807, 2.05) is 26.0 Å². The van der Waals surface area contributed by atoms with Crippen LogP contribution in [0.4, 0.5) is 0 Å². The molecule has 0 heterocycles. The van der Waals surface area contributed by atoms with Crippen molar-refractivity contribution in [3.05, 3.63) is 35.4 Å². The summed E-state index contributed by atoms with van der Waals surface area (Å²) in [6, 6.07) is 7.21. The van der Waals surface area contributed by atoms with E-state index in [-0.39, 0.29) is 12.3 Å². The zero-order valence-corrected chi connectivity index (χ0v) is 10.4. The van der Waals surface area contributed by atoms with Gasteiger partial charge in [-0.2, -0.15) is 0 Å². The molecule has 0 saturated carbocycles. The number of hydrogen-bond donors (Lipinski definition) is 0. The Labute approximate surface area is 101 Å². The average Bonchev–Trinajstić information content (AvgIpc) is 2.36. The first-order valence-electron chi connectivity index (χ1n) is 5.58. The molecule has 0 spiro atoms. The standard InChI is InChI=1S/C13H18O4/c1-4-16-10(2)17-9-11-7-5-6-8-12(11)13(14)15-3/h5-8,10H,4,9H2,1-3H3. The molecule has 0 aromatic heterocycles. The Kier molecular flexibility index (Phi) is 5.66. The summed E-state index contributed by atoms with van der Waals surface area (Å²) in [4.78, 5) is 11.5. The predicted molar refractivity (Wildman–Crippen MR) is 63.7 cm³/mol. The van der Waals surface area contributed by atoms with Crippen LogP contribution in [0.15, 0.2) is 24.3 Å². The maximum atomic E-state index is 11.5. The van der Waals surface area contributed by atoms with Gasteiger partial charge in [-0.25, -0.2) is 4.79 Å². The summed E-state index contributed by atoms with van der Waals surface area (Å²) in [5.74, 6) is -0.353. The van der Waals surface area contributed by atoms with Crippen LogP contribution in [0.5, 0.6) is 0 Å². The second kappa shape index (κ2) is 7.04. The van der Waals surface area contributed by atoms with Gasteiger partial charge in [0.15, 0.2) is 6.29 Å². The lowest BCUT2D eigenvalue weighted by molar-refractivity contribution is -0.134. The number of rotatable bonds is 6. The average molecular weight is 238 g/mol. The van der Waals surface area contributed by atoms with E-state index < -0.39 is 0 Å². The summed E-state index contributed by atoms with van der Waals surface area (Å²) in [5, 5.41) is 0. The monoisotopic (exact) mass is 238 g/mol. The third-order valence-corrected chi connectivity index (χ3v) is 2.30. The Balaban J connectivity index is 2.67. The van der Waals surface area contributed by atoms with Crippen molar-refractivity contribution in [3.8, 4) is 0 Å². The third kappa shape index (κ3) is 4.17. The highest BCUT2D eigenvalue weighted by molar-refractivity contribution is 5.90. The summed E-state index contributed by atoms with van der Waals surface area (Å²) < 4.78 is 15.4. The van der Waals surface area contributed by atoms with E-state index in [0.29, 0.717) is 18.8 Å². The lowest BCUT2D eigenvalue weighted by atomic mass is 10.1. The fourth-order valence-electron chi connectivity index (χ4n) is 1.45. The molecule has 0 fully saturated rings. The number of benzene rings is 1. The van der Waals surface area contributed by atoms with Crippen molar-refractivity contribution in [3.63, 3.8) is 0 Å². The quantitative estimate of drug-likeness (QED) is 0.564. The van der Waals surface area contributed by atoms with E-state index in [4.69, 9.17) is 14.2 Å². The fourth-order valence-corrected chi connectivity index (χ4v) is 1.45.